The van der Waals surface area contributed by atoms with Gasteiger partial charge in [0, 0.05) is 23.9 Å². The maximum absolute atomic E-state index is 12.9. The van der Waals surface area contributed by atoms with Crippen LogP contribution in [0.2, 0.25) is 0 Å². The summed E-state index contributed by atoms with van der Waals surface area (Å²) in [6.45, 7) is 5.88. The van der Waals surface area contributed by atoms with E-state index < -0.39 is 17.9 Å². The third kappa shape index (κ3) is 7.70. The van der Waals surface area contributed by atoms with Gasteiger partial charge in [0.15, 0.2) is 0 Å². The summed E-state index contributed by atoms with van der Waals surface area (Å²) in [4.78, 5) is 29.8. The first-order valence-corrected chi connectivity index (χ1v) is 11.5. The SMILES string of the molecule is C/C=C\C=C/CC(CC)c1ccc(C(=O)NC(C)C(Cc2cccc(C#N)c2)C(=O)OC)cn1. The van der Waals surface area contributed by atoms with Gasteiger partial charge in [0.05, 0.1) is 30.2 Å². The molecule has 6 heteroatoms. The highest BCUT2D eigenvalue weighted by molar-refractivity contribution is 5.94. The Balaban J connectivity index is 2.09. The minimum Gasteiger partial charge on any atom is -0.469 e. The van der Waals surface area contributed by atoms with E-state index in [4.69, 9.17) is 10.00 Å². The number of nitrogens with one attached hydrogen (secondary N) is 1. The van der Waals surface area contributed by atoms with Crippen molar-refractivity contribution in [1.29, 1.82) is 5.26 Å². The van der Waals surface area contributed by atoms with E-state index in [9.17, 15) is 9.59 Å². The van der Waals surface area contributed by atoms with E-state index in [-0.39, 0.29) is 11.8 Å². The molecule has 1 aromatic heterocycles. The molecule has 3 unspecified atom stereocenters. The smallest absolute Gasteiger partial charge is 0.311 e. The van der Waals surface area contributed by atoms with Crippen LogP contribution in [-0.2, 0) is 16.0 Å². The average molecular weight is 460 g/mol. The van der Waals surface area contributed by atoms with E-state index in [1.807, 2.05) is 37.3 Å². The van der Waals surface area contributed by atoms with Gasteiger partial charge in [0.25, 0.3) is 5.91 Å². The Kier molecular flexibility index (Phi) is 10.7. The fourth-order valence-corrected chi connectivity index (χ4v) is 3.74. The highest BCUT2D eigenvalue weighted by Crippen LogP contribution is 2.22. The van der Waals surface area contributed by atoms with Crippen molar-refractivity contribution in [2.45, 2.75) is 52.0 Å². The topological polar surface area (TPSA) is 92.1 Å². The second-order valence-electron chi connectivity index (χ2n) is 8.17. The Morgan fingerprint density at radius 1 is 1.24 bits per heavy atom. The molecule has 0 fully saturated rings. The highest BCUT2D eigenvalue weighted by atomic mass is 16.5. The van der Waals surface area contributed by atoms with Crippen molar-refractivity contribution < 1.29 is 14.3 Å². The van der Waals surface area contributed by atoms with Crippen LogP contribution in [0.5, 0.6) is 0 Å². The first-order chi connectivity index (χ1) is 16.4. The molecule has 178 valence electrons. The van der Waals surface area contributed by atoms with Crippen molar-refractivity contribution in [3.05, 3.63) is 89.3 Å². The molecule has 6 nitrogen and oxygen atoms in total. The number of benzene rings is 1. The van der Waals surface area contributed by atoms with Crippen LogP contribution in [0.25, 0.3) is 0 Å². The maximum Gasteiger partial charge on any atom is 0.311 e. The van der Waals surface area contributed by atoms with Crippen molar-refractivity contribution in [2.24, 2.45) is 5.92 Å². The first kappa shape index (κ1) is 26.5. The van der Waals surface area contributed by atoms with Gasteiger partial charge in [-0.05, 0) is 62.9 Å². The summed E-state index contributed by atoms with van der Waals surface area (Å²) in [6, 6.07) is 12.4. The summed E-state index contributed by atoms with van der Waals surface area (Å²) in [5.74, 6) is -1.03. The molecule has 3 atom stereocenters. The lowest BCUT2D eigenvalue weighted by molar-refractivity contribution is -0.146. The lowest BCUT2D eigenvalue weighted by Gasteiger charge is -2.23. The van der Waals surface area contributed by atoms with Crippen molar-refractivity contribution in [3.63, 3.8) is 0 Å². The number of hydrogen-bond donors (Lipinski definition) is 1. The van der Waals surface area contributed by atoms with Gasteiger partial charge in [-0.1, -0.05) is 43.4 Å². The molecule has 0 saturated heterocycles. The number of rotatable bonds is 11. The van der Waals surface area contributed by atoms with E-state index in [0.29, 0.717) is 17.5 Å². The van der Waals surface area contributed by atoms with Gasteiger partial charge < -0.3 is 10.1 Å². The fraction of sp³-hybridized carbons (Fsp3) is 0.357. The zero-order valence-corrected chi connectivity index (χ0v) is 20.3. The van der Waals surface area contributed by atoms with Crippen LogP contribution in [0.3, 0.4) is 0 Å². The molecule has 1 N–H and O–H groups in total. The lowest BCUT2D eigenvalue weighted by atomic mass is 9.92. The summed E-state index contributed by atoms with van der Waals surface area (Å²) in [5.41, 5.74) is 2.73. The zero-order chi connectivity index (χ0) is 24.9. The zero-order valence-electron chi connectivity index (χ0n) is 20.3. The average Bonchev–Trinajstić information content (AvgIpc) is 2.87. The van der Waals surface area contributed by atoms with Gasteiger partial charge in [0.2, 0.25) is 0 Å². The van der Waals surface area contributed by atoms with Gasteiger partial charge >= 0.3 is 5.97 Å². The number of esters is 1. The first-order valence-electron chi connectivity index (χ1n) is 11.5. The van der Waals surface area contributed by atoms with Gasteiger partial charge in [0.1, 0.15) is 0 Å². The van der Waals surface area contributed by atoms with Crippen LogP contribution in [0.1, 0.15) is 66.7 Å². The number of pyridine rings is 1. The van der Waals surface area contributed by atoms with Gasteiger partial charge in [-0.2, -0.15) is 5.26 Å². The number of hydrogen-bond acceptors (Lipinski definition) is 5. The lowest BCUT2D eigenvalue weighted by Crippen LogP contribution is -2.42. The second kappa shape index (κ2) is 13.7. The van der Waals surface area contributed by atoms with Crippen molar-refractivity contribution in [1.82, 2.24) is 10.3 Å². The van der Waals surface area contributed by atoms with Crippen LogP contribution in [0.15, 0.2) is 66.9 Å². The molecule has 1 heterocycles. The summed E-state index contributed by atoms with van der Waals surface area (Å²) in [5, 5.41) is 12.0. The monoisotopic (exact) mass is 459 g/mol. The summed E-state index contributed by atoms with van der Waals surface area (Å²) in [6.07, 6.45) is 11.9. The molecule has 0 bridgehead atoms. The van der Waals surface area contributed by atoms with Crippen LogP contribution in [-0.4, -0.2) is 30.0 Å². The largest absolute Gasteiger partial charge is 0.469 e. The van der Waals surface area contributed by atoms with Gasteiger partial charge in [-0.15, -0.1) is 0 Å². The van der Waals surface area contributed by atoms with Gasteiger partial charge in [-0.3, -0.25) is 14.6 Å². The number of aromatic nitrogens is 1. The van der Waals surface area contributed by atoms with Crippen LogP contribution in [0.4, 0.5) is 0 Å². The Hall–Kier alpha value is -3.72. The number of methoxy groups -OCH3 is 1. The molecule has 0 aliphatic heterocycles. The highest BCUT2D eigenvalue weighted by Gasteiger charge is 2.28. The molecule has 0 aliphatic carbocycles. The number of nitriles is 1. The number of carbonyl (C=O) groups is 2. The van der Waals surface area contributed by atoms with E-state index in [0.717, 1.165) is 24.1 Å². The molecule has 2 aromatic rings. The fourth-order valence-electron chi connectivity index (χ4n) is 3.74. The van der Waals surface area contributed by atoms with E-state index in [1.54, 1.807) is 37.4 Å². The molecule has 0 saturated carbocycles. The van der Waals surface area contributed by atoms with Crippen LogP contribution < -0.4 is 5.32 Å². The Morgan fingerprint density at radius 3 is 2.65 bits per heavy atom. The van der Waals surface area contributed by atoms with Gasteiger partial charge in [-0.25, -0.2) is 0 Å². The van der Waals surface area contributed by atoms with E-state index in [1.165, 1.54) is 7.11 Å². The second-order valence-corrected chi connectivity index (χ2v) is 8.17. The van der Waals surface area contributed by atoms with Crippen molar-refractivity contribution in [2.75, 3.05) is 7.11 Å². The summed E-state index contributed by atoms with van der Waals surface area (Å²) in [7, 11) is 1.33. The van der Waals surface area contributed by atoms with E-state index >= 15 is 0 Å². The standard InChI is InChI=1S/C28H33N3O3/c1-5-7-8-9-13-23(6-2)26-15-14-24(19-30-26)27(32)31-20(3)25(28(33)34-4)17-21-11-10-12-22(16-21)18-29/h5,7-12,14-16,19-20,23,25H,6,13,17H2,1-4H3,(H,31,32)/b7-5-,9-8-. The van der Waals surface area contributed by atoms with Crippen molar-refractivity contribution in [3.8, 4) is 6.07 Å². The molecule has 0 aliphatic rings. The number of amides is 1. The minimum atomic E-state index is -0.594. The summed E-state index contributed by atoms with van der Waals surface area (Å²) >= 11 is 0. The molecule has 1 aromatic carbocycles. The predicted octanol–water partition coefficient (Wildman–Crippen LogP) is 5.12. The van der Waals surface area contributed by atoms with Crippen molar-refractivity contribution >= 4 is 11.9 Å². The molecular weight excluding hydrogens is 426 g/mol. The molecule has 1 amide bonds. The molecule has 0 radical (unpaired) electrons. The Bertz CT molecular complexity index is 1050. The third-order valence-electron chi connectivity index (χ3n) is 5.80. The molecule has 0 spiro atoms. The van der Waals surface area contributed by atoms with E-state index in [2.05, 4.69) is 29.4 Å². The normalized spacial score (nSPS) is 13.9. The molecule has 2 rings (SSSR count). The number of allylic oxidation sites excluding steroid dienone is 4. The number of carbonyl (C=O) groups excluding carboxylic acids is 2. The van der Waals surface area contributed by atoms with Crippen LogP contribution >= 0.6 is 0 Å². The third-order valence-corrected chi connectivity index (χ3v) is 5.80. The van der Waals surface area contributed by atoms with Crippen LogP contribution in [0, 0.1) is 17.2 Å². The quantitative estimate of drug-likeness (QED) is 0.372. The summed E-state index contributed by atoms with van der Waals surface area (Å²) < 4.78 is 4.97. The number of nitrogens with zero attached hydrogens (tertiary/aromatic N) is 2. The minimum absolute atomic E-state index is 0.283. The Labute approximate surface area is 202 Å². The maximum atomic E-state index is 12.9. The Morgan fingerprint density at radius 2 is 2.03 bits per heavy atom. The molecule has 34 heavy (non-hydrogen) atoms. The molecular formula is C28H33N3O3. The number of ether oxygens (including phenoxy) is 1. The predicted molar refractivity (Wildman–Crippen MR) is 133 cm³/mol.